The molecular weight excluding hydrogens is 280 g/mol. The number of benzene rings is 1. The van der Waals surface area contributed by atoms with E-state index in [9.17, 15) is 9.59 Å². The first kappa shape index (κ1) is 16.3. The lowest BCUT2D eigenvalue weighted by Crippen LogP contribution is -2.53. The molecule has 0 bridgehead atoms. The summed E-state index contributed by atoms with van der Waals surface area (Å²) in [6.45, 7) is 9.30. The van der Waals surface area contributed by atoms with Crippen LogP contribution in [-0.4, -0.2) is 42.5 Å². The molecule has 0 unspecified atom stereocenters. The number of piperazine rings is 1. The number of hydrogen-bond donors (Lipinski definition) is 1. The van der Waals surface area contributed by atoms with Crippen LogP contribution < -0.4 is 10.1 Å². The summed E-state index contributed by atoms with van der Waals surface area (Å²) in [5, 5.41) is 2.70. The summed E-state index contributed by atoms with van der Waals surface area (Å²) in [7, 11) is 0. The fourth-order valence-electron chi connectivity index (χ4n) is 2.37. The number of ether oxygens (including phenoxy) is 1. The highest BCUT2D eigenvalue weighted by molar-refractivity contribution is 5.88. The standard InChI is InChI=1S/C17H24N2O3/c1-12(16(21)19-10-9-18-15(20)11-19)22-14-7-5-13(6-8-14)17(2,3)4/h5-8,12H,9-11H2,1-4H3,(H,18,20)/t12-/m0/s1. The van der Waals surface area contributed by atoms with E-state index in [4.69, 9.17) is 4.74 Å². The van der Waals surface area contributed by atoms with Crippen molar-refractivity contribution in [1.29, 1.82) is 0 Å². The van der Waals surface area contributed by atoms with Gasteiger partial charge in [0.25, 0.3) is 5.91 Å². The summed E-state index contributed by atoms with van der Waals surface area (Å²) >= 11 is 0. The van der Waals surface area contributed by atoms with Crippen LogP contribution in [0.15, 0.2) is 24.3 Å². The molecule has 1 saturated heterocycles. The van der Waals surface area contributed by atoms with Gasteiger partial charge in [0.2, 0.25) is 5.91 Å². The van der Waals surface area contributed by atoms with Crippen molar-refractivity contribution in [3.63, 3.8) is 0 Å². The van der Waals surface area contributed by atoms with Crippen molar-refractivity contribution in [2.75, 3.05) is 19.6 Å². The Balaban J connectivity index is 1.97. The Morgan fingerprint density at radius 3 is 2.45 bits per heavy atom. The van der Waals surface area contributed by atoms with E-state index >= 15 is 0 Å². The molecule has 1 aliphatic rings. The van der Waals surface area contributed by atoms with Gasteiger partial charge in [-0.25, -0.2) is 0 Å². The van der Waals surface area contributed by atoms with Gasteiger partial charge >= 0.3 is 0 Å². The minimum absolute atomic E-state index is 0.0845. The fraction of sp³-hybridized carbons (Fsp3) is 0.529. The van der Waals surface area contributed by atoms with E-state index in [2.05, 4.69) is 26.1 Å². The van der Waals surface area contributed by atoms with Gasteiger partial charge in [-0.1, -0.05) is 32.9 Å². The minimum Gasteiger partial charge on any atom is -0.481 e. The number of amides is 2. The van der Waals surface area contributed by atoms with Crippen LogP contribution in [0.5, 0.6) is 5.75 Å². The number of carbonyl (C=O) groups is 2. The van der Waals surface area contributed by atoms with Crippen LogP contribution in [0.25, 0.3) is 0 Å². The van der Waals surface area contributed by atoms with Crippen LogP contribution in [0, 0.1) is 0 Å². The molecule has 2 amide bonds. The quantitative estimate of drug-likeness (QED) is 0.925. The van der Waals surface area contributed by atoms with Crippen molar-refractivity contribution >= 4 is 11.8 Å². The van der Waals surface area contributed by atoms with Crippen molar-refractivity contribution in [2.45, 2.75) is 39.2 Å². The molecule has 1 aromatic rings. The average molecular weight is 304 g/mol. The van der Waals surface area contributed by atoms with Crippen LogP contribution >= 0.6 is 0 Å². The Bertz CT molecular complexity index is 546. The van der Waals surface area contributed by atoms with Crippen molar-refractivity contribution in [2.24, 2.45) is 0 Å². The SMILES string of the molecule is C[C@H](Oc1ccc(C(C)(C)C)cc1)C(=O)N1CCNC(=O)C1. The van der Waals surface area contributed by atoms with Gasteiger partial charge in [0.1, 0.15) is 5.75 Å². The van der Waals surface area contributed by atoms with Crippen LogP contribution in [-0.2, 0) is 15.0 Å². The van der Waals surface area contributed by atoms with Crippen LogP contribution in [0.4, 0.5) is 0 Å². The summed E-state index contributed by atoms with van der Waals surface area (Å²) in [4.78, 5) is 25.2. The first-order valence-electron chi connectivity index (χ1n) is 7.60. The van der Waals surface area contributed by atoms with Crippen LogP contribution in [0.3, 0.4) is 0 Å². The van der Waals surface area contributed by atoms with Crippen molar-refractivity contribution in [3.05, 3.63) is 29.8 Å². The molecule has 0 aromatic heterocycles. The van der Waals surface area contributed by atoms with Crippen molar-refractivity contribution in [3.8, 4) is 5.75 Å². The van der Waals surface area contributed by atoms with E-state index < -0.39 is 6.10 Å². The highest BCUT2D eigenvalue weighted by atomic mass is 16.5. The van der Waals surface area contributed by atoms with Gasteiger partial charge < -0.3 is 15.0 Å². The summed E-state index contributed by atoms with van der Waals surface area (Å²) in [6, 6.07) is 7.79. The molecule has 2 rings (SSSR count). The molecule has 1 aliphatic heterocycles. The molecule has 5 nitrogen and oxygen atoms in total. The van der Waals surface area contributed by atoms with E-state index in [-0.39, 0.29) is 23.8 Å². The molecule has 0 saturated carbocycles. The second-order valence-corrected chi connectivity index (χ2v) is 6.64. The van der Waals surface area contributed by atoms with Gasteiger partial charge in [0.05, 0.1) is 6.54 Å². The lowest BCUT2D eigenvalue weighted by atomic mass is 9.87. The molecule has 1 aromatic carbocycles. The Morgan fingerprint density at radius 2 is 1.91 bits per heavy atom. The lowest BCUT2D eigenvalue weighted by Gasteiger charge is -2.29. The molecule has 1 heterocycles. The highest BCUT2D eigenvalue weighted by Gasteiger charge is 2.26. The third-order valence-corrected chi connectivity index (χ3v) is 3.73. The summed E-state index contributed by atoms with van der Waals surface area (Å²) in [5.74, 6) is 0.381. The summed E-state index contributed by atoms with van der Waals surface area (Å²) in [6.07, 6.45) is -0.605. The van der Waals surface area contributed by atoms with Gasteiger partial charge in [-0.05, 0) is 30.0 Å². The van der Waals surface area contributed by atoms with E-state index in [0.717, 1.165) is 0 Å². The maximum Gasteiger partial charge on any atom is 0.263 e. The highest BCUT2D eigenvalue weighted by Crippen LogP contribution is 2.24. The third-order valence-electron chi connectivity index (χ3n) is 3.73. The lowest BCUT2D eigenvalue weighted by molar-refractivity contribution is -0.143. The van der Waals surface area contributed by atoms with Gasteiger partial charge in [0.15, 0.2) is 6.10 Å². The first-order valence-corrected chi connectivity index (χ1v) is 7.60. The van der Waals surface area contributed by atoms with Gasteiger partial charge in [-0.2, -0.15) is 0 Å². The van der Waals surface area contributed by atoms with Gasteiger partial charge in [-0.15, -0.1) is 0 Å². The van der Waals surface area contributed by atoms with Crippen molar-refractivity contribution < 1.29 is 14.3 Å². The zero-order valence-electron chi connectivity index (χ0n) is 13.7. The van der Waals surface area contributed by atoms with Crippen molar-refractivity contribution in [1.82, 2.24) is 10.2 Å². The zero-order valence-corrected chi connectivity index (χ0v) is 13.7. The Kier molecular flexibility index (Phi) is 4.74. The molecule has 0 spiro atoms. The molecule has 22 heavy (non-hydrogen) atoms. The normalized spacial score (nSPS) is 16.9. The third kappa shape index (κ3) is 4.00. The molecule has 1 N–H and O–H groups in total. The number of rotatable bonds is 3. The summed E-state index contributed by atoms with van der Waals surface area (Å²) in [5.41, 5.74) is 1.30. The second-order valence-electron chi connectivity index (χ2n) is 6.64. The van der Waals surface area contributed by atoms with Crippen LogP contribution in [0.1, 0.15) is 33.3 Å². The van der Waals surface area contributed by atoms with Gasteiger partial charge in [-0.3, -0.25) is 9.59 Å². The smallest absolute Gasteiger partial charge is 0.263 e. The Labute approximate surface area is 131 Å². The van der Waals surface area contributed by atoms with E-state index in [1.165, 1.54) is 10.5 Å². The van der Waals surface area contributed by atoms with Gasteiger partial charge in [0, 0.05) is 13.1 Å². The predicted octanol–water partition coefficient (Wildman–Crippen LogP) is 1.71. The Hall–Kier alpha value is -2.04. The Morgan fingerprint density at radius 1 is 1.27 bits per heavy atom. The topological polar surface area (TPSA) is 58.6 Å². The predicted molar refractivity (Wildman–Crippen MR) is 84.8 cm³/mol. The maximum atomic E-state index is 12.3. The first-order chi connectivity index (χ1) is 10.3. The van der Waals surface area contributed by atoms with E-state index in [0.29, 0.717) is 18.8 Å². The largest absolute Gasteiger partial charge is 0.481 e. The van der Waals surface area contributed by atoms with Crippen LogP contribution in [0.2, 0.25) is 0 Å². The molecular formula is C17H24N2O3. The molecule has 1 fully saturated rings. The fourth-order valence-corrected chi connectivity index (χ4v) is 2.37. The van der Waals surface area contributed by atoms with E-state index in [1.54, 1.807) is 6.92 Å². The number of hydrogen-bond acceptors (Lipinski definition) is 3. The number of carbonyl (C=O) groups excluding carboxylic acids is 2. The molecule has 1 atom stereocenters. The number of nitrogens with zero attached hydrogens (tertiary/aromatic N) is 1. The zero-order chi connectivity index (χ0) is 16.3. The van der Waals surface area contributed by atoms with E-state index in [1.807, 2.05) is 24.3 Å². The molecule has 120 valence electrons. The number of nitrogens with one attached hydrogen (secondary N) is 1. The maximum absolute atomic E-state index is 12.3. The monoisotopic (exact) mass is 304 g/mol. The molecule has 0 aliphatic carbocycles. The minimum atomic E-state index is -0.605. The molecule has 5 heteroatoms. The second kappa shape index (κ2) is 6.38. The average Bonchev–Trinajstić information content (AvgIpc) is 2.46. The summed E-state index contributed by atoms with van der Waals surface area (Å²) < 4.78 is 5.71. The molecule has 0 radical (unpaired) electrons.